The lowest BCUT2D eigenvalue weighted by Crippen LogP contribution is -2.30. The van der Waals surface area contributed by atoms with E-state index >= 15 is 0 Å². The third-order valence-corrected chi connectivity index (χ3v) is 5.94. The molecule has 2 rings (SSSR count). The van der Waals surface area contributed by atoms with Crippen molar-refractivity contribution in [3.63, 3.8) is 0 Å². The van der Waals surface area contributed by atoms with Crippen molar-refractivity contribution in [2.75, 3.05) is 19.0 Å². The Bertz CT molecular complexity index is 795. The van der Waals surface area contributed by atoms with Gasteiger partial charge < -0.3 is 4.90 Å². The van der Waals surface area contributed by atoms with Crippen molar-refractivity contribution < 1.29 is 14.2 Å². The number of anilines is 1. The number of nitrogens with zero attached hydrogens (tertiary/aromatic N) is 1. The molecule has 0 saturated carbocycles. The van der Waals surface area contributed by atoms with E-state index in [4.69, 9.17) is 5.21 Å². The van der Waals surface area contributed by atoms with Crippen LogP contribution in [0.3, 0.4) is 0 Å². The Morgan fingerprint density at radius 2 is 1.85 bits per heavy atom. The largest absolute Gasteiger partial charge is 0.377 e. The number of fused-ring (bicyclic) bond motifs is 1. The SMILES string of the molecule is CCC(CCCCC(=O)NO)NS(=O)c1cccc2c(N(C)C)cccc12. The summed E-state index contributed by atoms with van der Waals surface area (Å²) in [5.74, 6) is -0.368. The molecule has 0 heterocycles. The van der Waals surface area contributed by atoms with Crippen molar-refractivity contribution >= 4 is 33.4 Å². The number of hydroxylamine groups is 1. The molecule has 0 aliphatic carbocycles. The van der Waals surface area contributed by atoms with Crippen molar-refractivity contribution in [1.29, 1.82) is 0 Å². The highest BCUT2D eigenvalue weighted by atomic mass is 32.2. The van der Waals surface area contributed by atoms with Gasteiger partial charge in [-0.1, -0.05) is 37.6 Å². The molecule has 7 heteroatoms. The van der Waals surface area contributed by atoms with E-state index in [1.807, 2.05) is 38.4 Å². The van der Waals surface area contributed by atoms with Gasteiger partial charge in [-0.2, -0.15) is 0 Å². The first-order chi connectivity index (χ1) is 13.0. The Hall–Kier alpha value is -1.96. The van der Waals surface area contributed by atoms with Crippen molar-refractivity contribution in [3.05, 3.63) is 36.4 Å². The fourth-order valence-corrected chi connectivity index (χ4v) is 4.40. The number of benzene rings is 2. The predicted octanol–water partition coefficient (Wildman–Crippen LogP) is 3.36. The number of unbranched alkanes of at least 4 members (excludes halogenated alkanes) is 1. The van der Waals surface area contributed by atoms with E-state index in [2.05, 4.69) is 28.7 Å². The molecular formula is C20H29N3O3S. The molecule has 0 radical (unpaired) electrons. The quantitative estimate of drug-likeness (QED) is 0.329. The standard InChI is InChI=1S/C20H29N3O3S/c1-4-15(9-5-6-14-20(24)21-25)22-27(26)19-13-8-10-16-17(19)11-7-12-18(16)23(2)3/h7-8,10-13,15,22,25H,4-6,9,14H2,1-3H3,(H,21,24). The van der Waals surface area contributed by atoms with Crippen molar-refractivity contribution in [1.82, 2.24) is 10.2 Å². The second-order valence-corrected chi connectivity index (χ2v) is 8.01. The van der Waals surface area contributed by atoms with E-state index in [0.29, 0.717) is 12.8 Å². The molecular weight excluding hydrogens is 362 g/mol. The third-order valence-electron chi connectivity index (χ3n) is 4.64. The fourth-order valence-electron chi connectivity index (χ4n) is 3.11. The number of carbonyl (C=O) groups is 1. The molecule has 148 valence electrons. The van der Waals surface area contributed by atoms with Crippen LogP contribution in [0.25, 0.3) is 10.8 Å². The molecule has 2 unspecified atom stereocenters. The van der Waals surface area contributed by atoms with Crippen LogP contribution >= 0.6 is 0 Å². The minimum Gasteiger partial charge on any atom is -0.377 e. The molecule has 1 amide bonds. The molecule has 6 nitrogen and oxygen atoms in total. The summed E-state index contributed by atoms with van der Waals surface area (Å²) < 4.78 is 16.2. The Morgan fingerprint density at radius 3 is 2.52 bits per heavy atom. The first-order valence-corrected chi connectivity index (χ1v) is 10.4. The third kappa shape index (κ3) is 5.76. The number of rotatable bonds is 10. The summed E-state index contributed by atoms with van der Waals surface area (Å²) >= 11 is 0. The average Bonchev–Trinajstić information content (AvgIpc) is 2.68. The number of nitrogens with one attached hydrogen (secondary N) is 2. The molecule has 0 aromatic heterocycles. The number of carbonyl (C=O) groups excluding carboxylic acids is 1. The molecule has 0 aliphatic rings. The summed E-state index contributed by atoms with van der Waals surface area (Å²) in [5, 5.41) is 10.6. The van der Waals surface area contributed by atoms with E-state index in [1.165, 1.54) is 0 Å². The van der Waals surface area contributed by atoms with Crippen LogP contribution in [-0.4, -0.2) is 35.5 Å². The Kier molecular flexibility index (Phi) is 8.22. The predicted molar refractivity (Wildman–Crippen MR) is 110 cm³/mol. The van der Waals surface area contributed by atoms with Gasteiger partial charge in [0.25, 0.3) is 0 Å². The maximum absolute atomic E-state index is 13.0. The van der Waals surface area contributed by atoms with Gasteiger partial charge >= 0.3 is 0 Å². The van der Waals surface area contributed by atoms with Crippen LogP contribution in [-0.2, 0) is 15.8 Å². The summed E-state index contributed by atoms with van der Waals surface area (Å²) in [4.78, 5) is 13.9. The molecule has 0 fully saturated rings. The zero-order valence-corrected chi connectivity index (χ0v) is 17.0. The highest BCUT2D eigenvalue weighted by Gasteiger charge is 2.15. The molecule has 2 aromatic carbocycles. The van der Waals surface area contributed by atoms with Crippen molar-refractivity contribution in [3.8, 4) is 0 Å². The highest BCUT2D eigenvalue weighted by molar-refractivity contribution is 7.83. The topological polar surface area (TPSA) is 81.7 Å². The summed E-state index contributed by atoms with van der Waals surface area (Å²) in [6.45, 7) is 2.06. The van der Waals surface area contributed by atoms with Crippen LogP contribution in [0.4, 0.5) is 5.69 Å². The van der Waals surface area contributed by atoms with Gasteiger partial charge in [-0.3, -0.25) is 10.0 Å². The van der Waals surface area contributed by atoms with E-state index < -0.39 is 11.0 Å². The minimum atomic E-state index is -1.31. The van der Waals surface area contributed by atoms with Gasteiger partial charge in [-0.05, 0) is 31.4 Å². The molecule has 3 N–H and O–H groups in total. The maximum atomic E-state index is 13.0. The molecule has 0 aliphatic heterocycles. The molecule has 0 spiro atoms. The maximum Gasteiger partial charge on any atom is 0.243 e. The van der Waals surface area contributed by atoms with E-state index in [-0.39, 0.29) is 11.9 Å². The Morgan fingerprint density at radius 1 is 1.15 bits per heavy atom. The van der Waals surface area contributed by atoms with E-state index in [0.717, 1.165) is 40.6 Å². The smallest absolute Gasteiger partial charge is 0.243 e. The van der Waals surface area contributed by atoms with Gasteiger partial charge in [0.15, 0.2) is 0 Å². The number of amides is 1. The normalized spacial score (nSPS) is 13.3. The lowest BCUT2D eigenvalue weighted by Gasteiger charge is -2.19. The minimum absolute atomic E-state index is 0.107. The first-order valence-electron chi connectivity index (χ1n) is 9.27. The van der Waals surface area contributed by atoms with E-state index in [1.54, 1.807) is 5.48 Å². The van der Waals surface area contributed by atoms with Gasteiger partial charge in [0.05, 0.1) is 4.90 Å². The Labute approximate surface area is 163 Å². The van der Waals surface area contributed by atoms with Crippen molar-refractivity contribution in [2.24, 2.45) is 0 Å². The molecule has 2 aromatic rings. The van der Waals surface area contributed by atoms with Crippen molar-refractivity contribution in [2.45, 2.75) is 50.0 Å². The van der Waals surface area contributed by atoms with Gasteiger partial charge in [-0.25, -0.2) is 14.4 Å². The van der Waals surface area contributed by atoms with Gasteiger partial charge in [0.2, 0.25) is 5.91 Å². The van der Waals surface area contributed by atoms with Crippen LogP contribution in [0.2, 0.25) is 0 Å². The Balaban J connectivity index is 2.08. The highest BCUT2D eigenvalue weighted by Crippen LogP contribution is 2.29. The second-order valence-electron chi connectivity index (χ2n) is 6.80. The van der Waals surface area contributed by atoms with Gasteiger partial charge in [0.1, 0.15) is 11.0 Å². The molecule has 0 bridgehead atoms. The lowest BCUT2D eigenvalue weighted by molar-refractivity contribution is -0.129. The van der Waals surface area contributed by atoms with E-state index in [9.17, 15) is 9.00 Å². The second kappa shape index (κ2) is 10.4. The van der Waals surface area contributed by atoms with Crippen LogP contribution < -0.4 is 15.1 Å². The zero-order chi connectivity index (χ0) is 19.8. The summed E-state index contributed by atoms with van der Waals surface area (Å²) in [5.41, 5.74) is 2.74. The molecule has 27 heavy (non-hydrogen) atoms. The van der Waals surface area contributed by atoms with Crippen LogP contribution in [0.1, 0.15) is 39.0 Å². The van der Waals surface area contributed by atoms with Crippen LogP contribution in [0, 0.1) is 0 Å². The number of hydrogen-bond acceptors (Lipinski definition) is 4. The summed E-state index contributed by atoms with van der Waals surface area (Å²) in [7, 11) is 2.69. The fraction of sp³-hybridized carbons (Fsp3) is 0.450. The van der Waals surface area contributed by atoms with Crippen LogP contribution in [0.5, 0.6) is 0 Å². The van der Waals surface area contributed by atoms with Gasteiger partial charge in [0, 0.05) is 43.0 Å². The van der Waals surface area contributed by atoms with Gasteiger partial charge in [-0.15, -0.1) is 0 Å². The average molecular weight is 392 g/mol. The number of hydrogen-bond donors (Lipinski definition) is 3. The molecule has 2 atom stereocenters. The summed E-state index contributed by atoms with van der Waals surface area (Å²) in [6, 6.07) is 12.1. The zero-order valence-electron chi connectivity index (χ0n) is 16.2. The summed E-state index contributed by atoms with van der Waals surface area (Å²) in [6.07, 6.45) is 3.50. The first kappa shape index (κ1) is 21.3. The molecule has 0 saturated heterocycles. The monoisotopic (exact) mass is 391 g/mol. The van der Waals surface area contributed by atoms with Crippen LogP contribution in [0.15, 0.2) is 41.3 Å². The lowest BCUT2D eigenvalue weighted by atomic mass is 10.1.